The first-order valence-electron chi connectivity index (χ1n) is 5.14. The molecule has 6 heteroatoms. The molecular formula is C12H11F3O3. The van der Waals surface area contributed by atoms with Gasteiger partial charge < -0.3 is 5.11 Å². The highest BCUT2D eigenvalue weighted by molar-refractivity contribution is 6.07. The molecule has 1 N–H and O–H groups in total. The highest BCUT2D eigenvalue weighted by atomic mass is 19.4. The average Bonchev–Trinajstić information content (AvgIpc) is 2.25. The molecule has 0 spiro atoms. The van der Waals surface area contributed by atoms with Gasteiger partial charge in [0.2, 0.25) is 0 Å². The van der Waals surface area contributed by atoms with Crippen LogP contribution in [0.4, 0.5) is 13.2 Å². The molecule has 0 unspecified atom stereocenters. The van der Waals surface area contributed by atoms with Gasteiger partial charge in [0.05, 0.1) is 11.1 Å². The Kier molecular flexibility index (Phi) is 3.79. The molecular weight excluding hydrogens is 249 g/mol. The molecule has 1 aromatic carbocycles. The van der Waals surface area contributed by atoms with Crippen LogP contribution in [-0.2, 0) is 6.18 Å². The summed E-state index contributed by atoms with van der Waals surface area (Å²) in [5.41, 5.74) is -2.70. The fourth-order valence-corrected chi connectivity index (χ4v) is 1.54. The lowest BCUT2D eigenvalue weighted by Gasteiger charge is -2.14. The summed E-state index contributed by atoms with van der Waals surface area (Å²) in [5.74, 6) is -2.96. The summed E-state index contributed by atoms with van der Waals surface area (Å²) in [6.45, 7) is 2.99. The molecule has 0 aliphatic heterocycles. The van der Waals surface area contributed by atoms with Crippen LogP contribution in [0.5, 0.6) is 0 Å². The fourth-order valence-electron chi connectivity index (χ4n) is 1.54. The minimum atomic E-state index is -4.80. The number of carbonyl (C=O) groups excluding carboxylic acids is 1. The van der Waals surface area contributed by atoms with Crippen LogP contribution in [0.1, 0.15) is 40.1 Å². The molecule has 0 aliphatic rings. The van der Waals surface area contributed by atoms with E-state index in [1.54, 1.807) is 0 Å². The topological polar surface area (TPSA) is 54.4 Å². The summed E-state index contributed by atoms with van der Waals surface area (Å²) in [6, 6.07) is 2.78. The second kappa shape index (κ2) is 4.80. The third-order valence-electron chi connectivity index (χ3n) is 2.37. The maximum absolute atomic E-state index is 12.7. The monoisotopic (exact) mass is 260 g/mol. The molecule has 0 heterocycles. The summed E-state index contributed by atoms with van der Waals surface area (Å²) < 4.78 is 38.0. The fraction of sp³-hybridized carbons (Fsp3) is 0.333. The number of rotatable bonds is 3. The Balaban J connectivity index is 3.55. The Labute approximate surface area is 101 Å². The maximum Gasteiger partial charge on any atom is 0.417 e. The summed E-state index contributed by atoms with van der Waals surface area (Å²) in [6.07, 6.45) is -4.80. The predicted molar refractivity (Wildman–Crippen MR) is 57.6 cm³/mol. The average molecular weight is 260 g/mol. The van der Waals surface area contributed by atoms with E-state index in [0.29, 0.717) is 6.07 Å². The molecule has 0 saturated heterocycles. The van der Waals surface area contributed by atoms with Crippen LogP contribution in [0, 0.1) is 5.92 Å². The van der Waals surface area contributed by atoms with Crippen molar-refractivity contribution in [3.05, 3.63) is 34.9 Å². The van der Waals surface area contributed by atoms with E-state index in [0.717, 1.165) is 12.1 Å². The van der Waals surface area contributed by atoms with E-state index in [2.05, 4.69) is 0 Å². The Morgan fingerprint density at radius 3 is 2.17 bits per heavy atom. The van der Waals surface area contributed by atoms with Gasteiger partial charge in [-0.2, -0.15) is 13.2 Å². The van der Waals surface area contributed by atoms with Gasteiger partial charge >= 0.3 is 12.1 Å². The first-order chi connectivity index (χ1) is 8.16. The maximum atomic E-state index is 12.7. The van der Waals surface area contributed by atoms with Crippen LogP contribution >= 0.6 is 0 Å². The van der Waals surface area contributed by atoms with E-state index < -0.39 is 40.5 Å². The second-order valence-corrected chi connectivity index (χ2v) is 4.05. The molecule has 0 radical (unpaired) electrons. The van der Waals surface area contributed by atoms with Crippen molar-refractivity contribution in [3.63, 3.8) is 0 Å². The molecule has 18 heavy (non-hydrogen) atoms. The number of halogens is 3. The van der Waals surface area contributed by atoms with Crippen LogP contribution in [-0.4, -0.2) is 16.9 Å². The van der Waals surface area contributed by atoms with E-state index >= 15 is 0 Å². The first kappa shape index (κ1) is 14.2. The van der Waals surface area contributed by atoms with Crippen LogP contribution in [0.25, 0.3) is 0 Å². The van der Waals surface area contributed by atoms with Crippen molar-refractivity contribution in [3.8, 4) is 0 Å². The van der Waals surface area contributed by atoms with Gasteiger partial charge in [-0.05, 0) is 6.07 Å². The number of Topliss-reactive ketones (excluding diaryl/α,β-unsaturated/α-hetero) is 1. The van der Waals surface area contributed by atoms with Gasteiger partial charge in [-0.25, -0.2) is 4.79 Å². The molecule has 0 aromatic heterocycles. The second-order valence-electron chi connectivity index (χ2n) is 4.05. The van der Waals surface area contributed by atoms with Crippen molar-refractivity contribution in [2.24, 2.45) is 5.92 Å². The molecule has 0 aliphatic carbocycles. The largest absolute Gasteiger partial charge is 0.478 e. The number of aromatic carboxylic acids is 1. The zero-order chi connectivity index (χ0) is 14.1. The van der Waals surface area contributed by atoms with Crippen LogP contribution < -0.4 is 0 Å². The lowest BCUT2D eigenvalue weighted by atomic mass is 9.93. The zero-order valence-electron chi connectivity index (χ0n) is 9.71. The van der Waals surface area contributed by atoms with Crippen molar-refractivity contribution in [2.45, 2.75) is 20.0 Å². The Morgan fingerprint density at radius 1 is 1.22 bits per heavy atom. The smallest absolute Gasteiger partial charge is 0.417 e. The molecule has 0 amide bonds. The van der Waals surface area contributed by atoms with Crippen LogP contribution in [0.2, 0.25) is 0 Å². The number of benzene rings is 1. The van der Waals surface area contributed by atoms with Gasteiger partial charge in [-0.1, -0.05) is 26.0 Å². The normalized spacial score (nSPS) is 11.7. The van der Waals surface area contributed by atoms with E-state index in [4.69, 9.17) is 5.11 Å². The first-order valence-corrected chi connectivity index (χ1v) is 5.14. The number of carbonyl (C=O) groups is 2. The predicted octanol–water partition coefficient (Wildman–Crippen LogP) is 3.24. The SMILES string of the molecule is CC(C)C(=O)c1cccc(C(F)(F)F)c1C(=O)O. The molecule has 3 nitrogen and oxygen atoms in total. The summed E-state index contributed by atoms with van der Waals surface area (Å²) >= 11 is 0. The highest BCUT2D eigenvalue weighted by Gasteiger charge is 2.37. The van der Waals surface area contributed by atoms with E-state index in [9.17, 15) is 22.8 Å². The summed E-state index contributed by atoms with van der Waals surface area (Å²) in [7, 11) is 0. The third kappa shape index (κ3) is 2.69. The summed E-state index contributed by atoms with van der Waals surface area (Å²) in [4.78, 5) is 22.7. The minimum absolute atomic E-state index is 0.410. The number of carboxylic acid groups (broad SMARTS) is 1. The van der Waals surface area contributed by atoms with Crippen LogP contribution in [0.15, 0.2) is 18.2 Å². The van der Waals surface area contributed by atoms with Gasteiger partial charge in [0.15, 0.2) is 5.78 Å². The Morgan fingerprint density at radius 2 is 1.78 bits per heavy atom. The summed E-state index contributed by atoms with van der Waals surface area (Å²) in [5, 5.41) is 8.89. The lowest BCUT2D eigenvalue weighted by molar-refractivity contribution is -0.138. The molecule has 0 atom stereocenters. The van der Waals surface area contributed by atoms with Crippen molar-refractivity contribution >= 4 is 11.8 Å². The van der Waals surface area contributed by atoms with Crippen LogP contribution in [0.3, 0.4) is 0 Å². The van der Waals surface area contributed by atoms with E-state index in [1.165, 1.54) is 13.8 Å². The number of carboxylic acids is 1. The number of ketones is 1. The minimum Gasteiger partial charge on any atom is -0.478 e. The van der Waals surface area contributed by atoms with Gasteiger partial charge in [-0.3, -0.25) is 4.79 Å². The number of hydrogen-bond donors (Lipinski definition) is 1. The highest BCUT2D eigenvalue weighted by Crippen LogP contribution is 2.34. The number of hydrogen-bond acceptors (Lipinski definition) is 2. The van der Waals surface area contributed by atoms with Gasteiger partial charge in [0.1, 0.15) is 0 Å². The zero-order valence-corrected chi connectivity index (χ0v) is 9.71. The molecule has 1 rings (SSSR count). The molecule has 98 valence electrons. The Bertz CT molecular complexity index is 490. The molecule has 0 bridgehead atoms. The molecule has 0 fully saturated rings. The standard InChI is InChI=1S/C12H11F3O3/c1-6(2)10(16)7-4-3-5-8(12(13,14)15)9(7)11(17)18/h3-6H,1-2H3,(H,17,18). The van der Waals surface area contributed by atoms with Crippen molar-refractivity contribution in [1.82, 2.24) is 0 Å². The van der Waals surface area contributed by atoms with Gasteiger partial charge in [0, 0.05) is 11.5 Å². The van der Waals surface area contributed by atoms with E-state index in [1.807, 2.05) is 0 Å². The van der Waals surface area contributed by atoms with Gasteiger partial charge in [0.25, 0.3) is 0 Å². The van der Waals surface area contributed by atoms with Crippen molar-refractivity contribution < 1.29 is 27.9 Å². The Hall–Kier alpha value is -1.85. The quantitative estimate of drug-likeness (QED) is 0.849. The van der Waals surface area contributed by atoms with Gasteiger partial charge in [-0.15, -0.1) is 0 Å². The number of alkyl halides is 3. The molecule has 0 saturated carbocycles. The van der Waals surface area contributed by atoms with Crippen molar-refractivity contribution in [2.75, 3.05) is 0 Å². The lowest BCUT2D eigenvalue weighted by Crippen LogP contribution is -2.19. The van der Waals surface area contributed by atoms with E-state index in [-0.39, 0.29) is 0 Å². The van der Waals surface area contributed by atoms with Crippen molar-refractivity contribution in [1.29, 1.82) is 0 Å². The molecule has 1 aromatic rings. The third-order valence-corrected chi connectivity index (χ3v) is 2.37.